The van der Waals surface area contributed by atoms with Crippen LogP contribution in [0.5, 0.6) is 0 Å². The van der Waals surface area contributed by atoms with Crippen LogP contribution in [0.4, 0.5) is 0 Å². The lowest BCUT2D eigenvalue weighted by Crippen LogP contribution is -2.45. The molecular weight excluding hydrogens is 226 g/mol. The van der Waals surface area contributed by atoms with Gasteiger partial charge in [0.05, 0.1) is 11.5 Å². The van der Waals surface area contributed by atoms with E-state index in [9.17, 15) is 9.90 Å². The molecule has 0 saturated heterocycles. The molecule has 1 fully saturated rings. The van der Waals surface area contributed by atoms with Gasteiger partial charge in [-0.05, 0) is 18.4 Å². The molecule has 2 rings (SSSR count). The van der Waals surface area contributed by atoms with E-state index in [1.807, 2.05) is 30.3 Å². The van der Waals surface area contributed by atoms with Crippen LogP contribution in [0.3, 0.4) is 0 Å². The minimum atomic E-state index is -0.889. The van der Waals surface area contributed by atoms with E-state index >= 15 is 0 Å². The highest BCUT2D eigenvalue weighted by Crippen LogP contribution is 2.39. The van der Waals surface area contributed by atoms with Gasteiger partial charge < -0.3 is 10.4 Å². The van der Waals surface area contributed by atoms with Crippen molar-refractivity contribution in [3.05, 3.63) is 35.9 Å². The van der Waals surface area contributed by atoms with E-state index in [4.69, 9.17) is 0 Å². The molecule has 0 heterocycles. The van der Waals surface area contributed by atoms with Crippen molar-refractivity contribution in [3.63, 3.8) is 0 Å². The van der Waals surface area contributed by atoms with E-state index in [-0.39, 0.29) is 5.91 Å². The fourth-order valence-corrected chi connectivity index (χ4v) is 2.95. The summed E-state index contributed by atoms with van der Waals surface area (Å²) in [5, 5.41) is 13.5. The Morgan fingerprint density at radius 3 is 2.39 bits per heavy atom. The maximum Gasteiger partial charge on any atom is 0.230 e. The van der Waals surface area contributed by atoms with E-state index in [1.165, 1.54) is 0 Å². The second-order valence-corrected chi connectivity index (χ2v) is 5.12. The molecule has 98 valence electrons. The fourth-order valence-electron chi connectivity index (χ4n) is 2.95. The molecule has 3 nitrogen and oxygen atoms in total. The molecule has 1 aromatic rings. The monoisotopic (exact) mass is 247 g/mol. The first-order valence-electron chi connectivity index (χ1n) is 6.66. The molecule has 1 aliphatic carbocycles. The molecule has 2 N–H and O–H groups in total. The quantitative estimate of drug-likeness (QED) is 0.860. The zero-order valence-corrected chi connectivity index (χ0v) is 10.9. The van der Waals surface area contributed by atoms with Crippen molar-refractivity contribution in [2.75, 3.05) is 7.05 Å². The second-order valence-electron chi connectivity index (χ2n) is 5.12. The molecule has 0 spiro atoms. The van der Waals surface area contributed by atoms with E-state index in [1.54, 1.807) is 7.05 Å². The topological polar surface area (TPSA) is 49.3 Å². The standard InChI is InChI=1S/C15H21NO2/c1-16-14(17)13(12-8-4-2-5-9-12)15(18)10-6-3-7-11-15/h2,4-5,8-9,13,18H,3,6-7,10-11H2,1H3,(H,16,17). The Morgan fingerprint density at radius 2 is 1.83 bits per heavy atom. The smallest absolute Gasteiger partial charge is 0.230 e. The Hall–Kier alpha value is -1.35. The van der Waals surface area contributed by atoms with Crippen molar-refractivity contribution in [2.45, 2.75) is 43.6 Å². The zero-order valence-electron chi connectivity index (χ0n) is 10.9. The zero-order chi connectivity index (χ0) is 13.0. The Balaban J connectivity index is 2.33. The molecule has 0 bridgehead atoms. The van der Waals surface area contributed by atoms with Crippen LogP contribution in [0, 0.1) is 0 Å². The van der Waals surface area contributed by atoms with E-state index < -0.39 is 11.5 Å². The predicted octanol–water partition coefficient (Wildman–Crippen LogP) is 2.21. The Kier molecular flexibility index (Phi) is 4.02. The second kappa shape index (κ2) is 5.53. The number of aliphatic hydroxyl groups is 1. The lowest BCUT2D eigenvalue weighted by molar-refractivity contribution is -0.130. The minimum Gasteiger partial charge on any atom is -0.389 e. The van der Waals surface area contributed by atoms with Gasteiger partial charge in [-0.15, -0.1) is 0 Å². The third-order valence-corrected chi connectivity index (χ3v) is 3.90. The van der Waals surface area contributed by atoms with E-state index in [0.29, 0.717) is 12.8 Å². The Labute approximate surface area is 108 Å². The lowest BCUT2D eigenvalue weighted by Gasteiger charge is -2.38. The maximum absolute atomic E-state index is 12.1. The summed E-state index contributed by atoms with van der Waals surface area (Å²) in [6.45, 7) is 0. The number of rotatable bonds is 3. The van der Waals surface area contributed by atoms with Crippen LogP contribution in [0.1, 0.15) is 43.6 Å². The summed E-state index contributed by atoms with van der Waals surface area (Å²) in [5.74, 6) is -0.547. The molecular formula is C15H21NO2. The normalized spacial score (nSPS) is 20.1. The van der Waals surface area contributed by atoms with Gasteiger partial charge in [0, 0.05) is 7.05 Å². The van der Waals surface area contributed by atoms with Gasteiger partial charge in [-0.2, -0.15) is 0 Å². The Morgan fingerprint density at radius 1 is 1.22 bits per heavy atom. The van der Waals surface area contributed by atoms with Gasteiger partial charge in [0.1, 0.15) is 0 Å². The van der Waals surface area contributed by atoms with Crippen molar-refractivity contribution in [2.24, 2.45) is 0 Å². The van der Waals surface area contributed by atoms with Gasteiger partial charge in [0.25, 0.3) is 0 Å². The molecule has 1 atom stereocenters. The number of amides is 1. The number of carbonyl (C=O) groups excluding carboxylic acids is 1. The van der Waals surface area contributed by atoms with Crippen molar-refractivity contribution in [1.82, 2.24) is 5.32 Å². The SMILES string of the molecule is CNC(=O)C(c1ccccc1)C1(O)CCCCC1. The van der Waals surface area contributed by atoms with Crippen molar-refractivity contribution >= 4 is 5.91 Å². The minimum absolute atomic E-state index is 0.0920. The number of nitrogens with one attached hydrogen (secondary N) is 1. The molecule has 1 amide bonds. The third kappa shape index (κ3) is 2.56. The largest absolute Gasteiger partial charge is 0.389 e. The van der Waals surface area contributed by atoms with Crippen molar-refractivity contribution < 1.29 is 9.90 Å². The van der Waals surface area contributed by atoms with Gasteiger partial charge in [-0.3, -0.25) is 4.79 Å². The highest BCUT2D eigenvalue weighted by molar-refractivity contribution is 5.84. The molecule has 0 aliphatic heterocycles. The molecule has 1 unspecified atom stereocenters. The molecule has 1 saturated carbocycles. The van der Waals surface area contributed by atoms with Gasteiger partial charge in [0.2, 0.25) is 5.91 Å². The van der Waals surface area contributed by atoms with E-state index in [2.05, 4.69) is 5.32 Å². The van der Waals surface area contributed by atoms with Crippen LogP contribution in [-0.2, 0) is 4.79 Å². The molecule has 0 radical (unpaired) electrons. The van der Waals surface area contributed by atoms with Crippen LogP contribution < -0.4 is 5.32 Å². The average Bonchev–Trinajstić information content (AvgIpc) is 2.40. The summed E-state index contributed by atoms with van der Waals surface area (Å²) in [5.41, 5.74) is 0.0147. The summed E-state index contributed by atoms with van der Waals surface area (Å²) in [6, 6.07) is 9.60. The van der Waals surface area contributed by atoms with Gasteiger partial charge in [-0.25, -0.2) is 0 Å². The molecule has 3 heteroatoms. The van der Waals surface area contributed by atoms with Crippen LogP contribution in [0.15, 0.2) is 30.3 Å². The van der Waals surface area contributed by atoms with Gasteiger partial charge >= 0.3 is 0 Å². The molecule has 0 aromatic heterocycles. The summed E-state index contributed by atoms with van der Waals surface area (Å²) in [7, 11) is 1.63. The van der Waals surface area contributed by atoms with Crippen LogP contribution in [0.25, 0.3) is 0 Å². The lowest BCUT2D eigenvalue weighted by atomic mass is 9.72. The van der Waals surface area contributed by atoms with Crippen LogP contribution in [-0.4, -0.2) is 23.7 Å². The number of carbonyl (C=O) groups is 1. The fraction of sp³-hybridized carbons (Fsp3) is 0.533. The highest BCUT2D eigenvalue weighted by Gasteiger charge is 2.42. The highest BCUT2D eigenvalue weighted by atomic mass is 16.3. The number of benzene rings is 1. The summed E-state index contributed by atoms with van der Waals surface area (Å²) in [4.78, 5) is 12.1. The summed E-state index contributed by atoms with van der Waals surface area (Å²) < 4.78 is 0. The maximum atomic E-state index is 12.1. The van der Waals surface area contributed by atoms with Crippen LogP contribution >= 0.6 is 0 Å². The number of hydrogen-bond donors (Lipinski definition) is 2. The summed E-state index contributed by atoms with van der Waals surface area (Å²) in [6.07, 6.45) is 4.56. The first-order chi connectivity index (χ1) is 8.67. The average molecular weight is 247 g/mol. The third-order valence-electron chi connectivity index (χ3n) is 3.90. The number of likely N-dealkylation sites (N-methyl/N-ethyl adjacent to an activating group) is 1. The molecule has 1 aromatic carbocycles. The predicted molar refractivity (Wildman–Crippen MR) is 71.3 cm³/mol. The first-order valence-corrected chi connectivity index (χ1v) is 6.66. The Bertz CT molecular complexity index is 396. The molecule has 18 heavy (non-hydrogen) atoms. The molecule has 1 aliphatic rings. The van der Waals surface area contributed by atoms with Crippen molar-refractivity contribution in [3.8, 4) is 0 Å². The number of hydrogen-bond acceptors (Lipinski definition) is 2. The van der Waals surface area contributed by atoms with E-state index in [0.717, 1.165) is 24.8 Å². The first kappa shape index (κ1) is 13.1. The van der Waals surface area contributed by atoms with Crippen LogP contribution in [0.2, 0.25) is 0 Å². The summed E-state index contributed by atoms with van der Waals surface area (Å²) >= 11 is 0. The van der Waals surface area contributed by atoms with Gasteiger partial charge in [0.15, 0.2) is 0 Å². The van der Waals surface area contributed by atoms with Crippen molar-refractivity contribution in [1.29, 1.82) is 0 Å². The van der Waals surface area contributed by atoms with Gasteiger partial charge in [-0.1, -0.05) is 49.6 Å².